The molecule has 0 aliphatic carbocycles. The van der Waals surface area contributed by atoms with Gasteiger partial charge in [-0.15, -0.1) is 0 Å². The van der Waals surface area contributed by atoms with E-state index in [0.717, 1.165) is 49.5 Å². The third kappa shape index (κ3) is 7.27. The van der Waals surface area contributed by atoms with Crippen LogP contribution in [-0.4, -0.2) is 65.3 Å². The zero-order chi connectivity index (χ0) is 26.0. The summed E-state index contributed by atoms with van der Waals surface area (Å²) in [6.45, 7) is 4.95. The lowest BCUT2D eigenvalue weighted by atomic mass is 9.94. The van der Waals surface area contributed by atoms with Crippen molar-refractivity contribution < 1.29 is 14.6 Å². The van der Waals surface area contributed by atoms with Crippen LogP contribution in [0.25, 0.3) is 0 Å². The van der Waals surface area contributed by atoms with Crippen molar-refractivity contribution in [3.8, 4) is 17.6 Å². The molecule has 2 aromatic carbocycles. The number of hydrogen-bond acceptors (Lipinski definition) is 7. The van der Waals surface area contributed by atoms with E-state index in [1.807, 2.05) is 36.4 Å². The summed E-state index contributed by atoms with van der Waals surface area (Å²) in [7, 11) is 0. The molecule has 0 bridgehead atoms. The average molecular weight is 502 g/mol. The summed E-state index contributed by atoms with van der Waals surface area (Å²) in [5.41, 5.74) is 8.70. The molecule has 1 atom stereocenters. The molecule has 2 heterocycles. The number of nitrogens with zero attached hydrogens (tertiary/aromatic N) is 2. The molecule has 0 saturated carbocycles. The van der Waals surface area contributed by atoms with Crippen molar-refractivity contribution in [2.24, 2.45) is 5.73 Å². The average Bonchev–Trinajstić information content (AvgIpc) is 2.93. The largest absolute Gasteiger partial charge is 0.502 e. The second-order valence-electron chi connectivity index (χ2n) is 8.83. The fourth-order valence-electron chi connectivity index (χ4n) is 4.11. The number of aromatic hydroxyl groups is 1. The molecule has 9 heteroatoms. The van der Waals surface area contributed by atoms with Gasteiger partial charge in [-0.3, -0.25) is 14.5 Å². The number of H-pyrrole nitrogens is 1. The van der Waals surface area contributed by atoms with E-state index in [4.69, 9.17) is 10.5 Å². The maximum Gasteiger partial charge on any atom is 0.293 e. The van der Waals surface area contributed by atoms with Crippen molar-refractivity contribution in [2.45, 2.75) is 18.9 Å². The molecule has 192 valence electrons. The standard InChI is InChI=1S/C28H31N5O4/c29-11-12-30-27(35)24(25-26(34)28(36)32-19-31-25)17-22-7-3-20(4-8-22)1-2-21-5-9-23(10-6-21)18-33-13-15-37-16-14-33/h3-10,19,24,34H,11-18,29H2,(H,30,35)(H,31,32,36). The van der Waals surface area contributed by atoms with Crippen LogP contribution in [0, 0.1) is 11.8 Å². The SMILES string of the molecule is NCCNC(=O)C(Cc1ccc(C#Cc2ccc(CN3CCOCC3)cc2)cc1)c1nc[nH]c(=O)c1O. The van der Waals surface area contributed by atoms with Crippen LogP contribution in [0.15, 0.2) is 59.7 Å². The lowest BCUT2D eigenvalue weighted by molar-refractivity contribution is -0.122. The Bertz CT molecular complexity index is 1300. The highest BCUT2D eigenvalue weighted by Gasteiger charge is 2.26. The van der Waals surface area contributed by atoms with E-state index in [9.17, 15) is 14.7 Å². The number of amides is 1. The van der Waals surface area contributed by atoms with Gasteiger partial charge < -0.3 is 25.9 Å². The van der Waals surface area contributed by atoms with Gasteiger partial charge in [0.2, 0.25) is 11.7 Å². The molecule has 0 radical (unpaired) electrons. The Balaban J connectivity index is 1.43. The van der Waals surface area contributed by atoms with Gasteiger partial charge in [-0.1, -0.05) is 36.1 Å². The molecule has 37 heavy (non-hydrogen) atoms. The second-order valence-corrected chi connectivity index (χ2v) is 8.83. The van der Waals surface area contributed by atoms with Gasteiger partial charge in [0.1, 0.15) is 5.69 Å². The van der Waals surface area contributed by atoms with Crippen LogP contribution in [0.3, 0.4) is 0 Å². The van der Waals surface area contributed by atoms with Gasteiger partial charge >= 0.3 is 0 Å². The third-order valence-electron chi connectivity index (χ3n) is 6.16. The lowest BCUT2D eigenvalue weighted by Crippen LogP contribution is -2.35. The van der Waals surface area contributed by atoms with Crippen molar-refractivity contribution >= 4 is 5.91 Å². The zero-order valence-electron chi connectivity index (χ0n) is 20.6. The number of morpholine rings is 1. The zero-order valence-corrected chi connectivity index (χ0v) is 20.6. The number of ether oxygens (including phenoxy) is 1. The smallest absolute Gasteiger partial charge is 0.293 e. The van der Waals surface area contributed by atoms with Crippen LogP contribution >= 0.6 is 0 Å². The van der Waals surface area contributed by atoms with E-state index < -0.39 is 17.2 Å². The Labute approximate surface area is 215 Å². The van der Waals surface area contributed by atoms with Crippen LogP contribution in [0.4, 0.5) is 0 Å². The number of rotatable bonds is 8. The predicted molar refractivity (Wildman–Crippen MR) is 140 cm³/mol. The Hall–Kier alpha value is -3.97. The molecular weight excluding hydrogens is 470 g/mol. The van der Waals surface area contributed by atoms with E-state index in [1.54, 1.807) is 0 Å². The summed E-state index contributed by atoms with van der Waals surface area (Å²) in [5, 5.41) is 12.9. The van der Waals surface area contributed by atoms with Crippen LogP contribution in [-0.2, 0) is 22.5 Å². The first kappa shape index (κ1) is 26.1. The number of carbonyl (C=O) groups is 1. The van der Waals surface area contributed by atoms with Gasteiger partial charge in [0.15, 0.2) is 0 Å². The maximum atomic E-state index is 12.8. The number of aromatic nitrogens is 2. The summed E-state index contributed by atoms with van der Waals surface area (Å²) in [4.78, 5) is 33.4. The summed E-state index contributed by atoms with van der Waals surface area (Å²) < 4.78 is 5.40. The number of nitrogens with two attached hydrogens (primary N) is 1. The molecule has 0 spiro atoms. The summed E-state index contributed by atoms with van der Waals surface area (Å²) in [5.74, 6) is 4.60. The topological polar surface area (TPSA) is 134 Å². The normalized spacial score (nSPS) is 14.4. The lowest BCUT2D eigenvalue weighted by Gasteiger charge is -2.26. The number of nitrogens with one attached hydrogen (secondary N) is 2. The predicted octanol–water partition coefficient (Wildman–Crippen LogP) is 1.11. The van der Waals surface area contributed by atoms with Gasteiger partial charge in [0.25, 0.3) is 5.56 Å². The van der Waals surface area contributed by atoms with Crippen molar-refractivity contribution in [2.75, 3.05) is 39.4 Å². The minimum atomic E-state index is -0.846. The highest BCUT2D eigenvalue weighted by Crippen LogP contribution is 2.24. The number of benzene rings is 2. The van der Waals surface area contributed by atoms with Crippen LogP contribution in [0.2, 0.25) is 0 Å². The summed E-state index contributed by atoms with van der Waals surface area (Å²) in [6, 6.07) is 15.8. The monoisotopic (exact) mass is 501 g/mol. The molecular formula is C28H31N5O4. The highest BCUT2D eigenvalue weighted by atomic mass is 16.5. The molecule has 1 aromatic heterocycles. The fraction of sp³-hybridized carbons (Fsp3) is 0.321. The number of carbonyl (C=O) groups excluding carboxylic acids is 1. The minimum Gasteiger partial charge on any atom is -0.502 e. The van der Waals surface area contributed by atoms with Gasteiger partial charge in [0.05, 0.1) is 25.5 Å². The first-order valence-electron chi connectivity index (χ1n) is 12.3. The molecule has 1 aliphatic heterocycles. The molecule has 1 saturated heterocycles. The van der Waals surface area contributed by atoms with Crippen LogP contribution in [0.1, 0.15) is 33.9 Å². The molecule has 1 fully saturated rings. The quantitative estimate of drug-likeness (QED) is 0.340. The molecule has 1 unspecified atom stereocenters. The van der Waals surface area contributed by atoms with E-state index in [0.29, 0.717) is 0 Å². The van der Waals surface area contributed by atoms with Crippen LogP contribution in [0.5, 0.6) is 5.75 Å². The Kier molecular flexibility index (Phi) is 9.05. The van der Waals surface area contributed by atoms with Crippen molar-refractivity contribution in [3.63, 3.8) is 0 Å². The first-order chi connectivity index (χ1) is 18.0. The molecule has 1 amide bonds. The van der Waals surface area contributed by atoms with Crippen molar-refractivity contribution in [3.05, 3.63) is 93.2 Å². The number of hydrogen-bond donors (Lipinski definition) is 4. The second kappa shape index (κ2) is 12.8. The Morgan fingerprint density at radius 1 is 1.08 bits per heavy atom. The molecule has 9 nitrogen and oxygen atoms in total. The van der Waals surface area contributed by atoms with E-state index >= 15 is 0 Å². The molecule has 4 rings (SSSR count). The third-order valence-corrected chi connectivity index (χ3v) is 6.16. The Morgan fingerprint density at radius 3 is 2.32 bits per heavy atom. The molecule has 3 aromatic rings. The number of aromatic amines is 1. The first-order valence-corrected chi connectivity index (χ1v) is 12.3. The van der Waals surface area contributed by atoms with Gasteiger partial charge in [-0.05, 0) is 41.8 Å². The highest BCUT2D eigenvalue weighted by molar-refractivity contribution is 5.84. The molecule has 5 N–H and O–H groups in total. The summed E-state index contributed by atoms with van der Waals surface area (Å²) >= 11 is 0. The molecule has 1 aliphatic rings. The Morgan fingerprint density at radius 2 is 1.70 bits per heavy atom. The fourth-order valence-corrected chi connectivity index (χ4v) is 4.11. The van der Waals surface area contributed by atoms with E-state index in [-0.39, 0.29) is 31.1 Å². The summed E-state index contributed by atoms with van der Waals surface area (Å²) in [6.07, 6.45) is 1.42. The van der Waals surface area contributed by atoms with Crippen molar-refractivity contribution in [1.29, 1.82) is 0 Å². The van der Waals surface area contributed by atoms with Gasteiger partial charge in [0, 0.05) is 43.9 Å². The maximum absolute atomic E-state index is 12.8. The van der Waals surface area contributed by atoms with E-state index in [2.05, 4.69) is 44.2 Å². The van der Waals surface area contributed by atoms with Gasteiger partial charge in [-0.2, -0.15) is 0 Å². The minimum absolute atomic E-state index is 0.0270. The van der Waals surface area contributed by atoms with E-state index in [1.165, 1.54) is 11.9 Å². The van der Waals surface area contributed by atoms with Crippen molar-refractivity contribution in [1.82, 2.24) is 20.2 Å². The van der Waals surface area contributed by atoms with Gasteiger partial charge in [-0.25, -0.2) is 4.98 Å². The van der Waals surface area contributed by atoms with Crippen LogP contribution < -0.4 is 16.6 Å².